The second-order valence-corrected chi connectivity index (χ2v) is 5.40. The number of carbonyl (C=O) groups is 1. The van der Waals surface area contributed by atoms with Gasteiger partial charge in [-0.05, 0) is 17.5 Å². The molecule has 1 atom stereocenters. The van der Waals surface area contributed by atoms with Gasteiger partial charge in [0.1, 0.15) is 0 Å². The fourth-order valence-corrected chi connectivity index (χ4v) is 3.08. The first-order valence-electron chi connectivity index (χ1n) is 7.33. The molecule has 0 spiro atoms. The maximum atomic E-state index is 12.3. The van der Waals surface area contributed by atoms with Gasteiger partial charge in [-0.1, -0.05) is 60.7 Å². The molecule has 3 rings (SSSR count). The molecule has 1 amide bonds. The lowest BCUT2D eigenvalue weighted by molar-refractivity contribution is -0.131. The van der Waals surface area contributed by atoms with Crippen molar-refractivity contribution in [1.29, 1.82) is 0 Å². The fraction of sp³-hybridized carbons (Fsp3) is 0.278. The number of nitrogens with zero attached hydrogens (tertiary/aromatic N) is 1. The van der Waals surface area contributed by atoms with Gasteiger partial charge in [-0.25, -0.2) is 0 Å². The van der Waals surface area contributed by atoms with Crippen LogP contribution < -0.4 is 0 Å². The Morgan fingerprint density at radius 2 is 1.52 bits per heavy atom. The van der Waals surface area contributed by atoms with Crippen molar-refractivity contribution in [1.82, 2.24) is 4.90 Å². The molecule has 0 bridgehead atoms. The van der Waals surface area contributed by atoms with Gasteiger partial charge in [0, 0.05) is 6.42 Å². The normalized spacial score (nSPS) is 18.5. The van der Waals surface area contributed by atoms with Crippen LogP contribution in [0, 0.1) is 0 Å². The van der Waals surface area contributed by atoms with Crippen LogP contribution in [0.15, 0.2) is 60.7 Å². The smallest absolute Gasteiger partial charge is 0.223 e. The number of aliphatic hydroxyl groups is 1. The molecule has 3 nitrogen and oxygen atoms in total. The topological polar surface area (TPSA) is 40.5 Å². The number of likely N-dealkylation sites (tertiary alicyclic amines) is 1. The van der Waals surface area contributed by atoms with E-state index in [4.69, 9.17) is 0 Å². The highest BCUT2D eigenvalue weighted by Gasteiger charge is 2.37. The molecule has 0 aromatic heterocycles. The van der Waals surface area contributed by atoms with Crippen LogP contribution >= 0.6 is 0 Å². The van der Waals surface area contributed by atoms with Crippen molar-refractivity contribution in [3.8, 4) is 0 Å². The number of hydrogen-bond acceptors (Lipinski definition) is 2. The number of carbonyl (C=O) groups excluding carboxylic acids is 1. The Hall–Kier alpha value is -2.13. The monoisotopic (exact) mass is 281 g/mol. The summed E-state index contributed by atoms with van der Waals surface area (Å²) < 4.78 is 0. The highest BCUT2D eigenvalue weighted by molar-refractivity contribution is 5.80. The zero-order valence-electron chi connectivity index (χ0n) is 11.9. The van der Waals surface area contributed by atoms with Gasteiger partial charge in [0.15, 0.2) is 0 Å². The number of hydrogen-bond donors (Lipinski definition) is 1. The van der Waals surface area contributed by atoms with Crippen LogP contribution in [-0.4, -0.2) is 28.6 Å². The molecular formula is C18H19NO2. The van der Waals surface area contributed by atoms with E-state index in [0.717, 1.165) is 17.5 Å². The molecule has 3 heteroatoms. The standard InChI is InChI=1S/C18H19NO2/c20-13-16-11-12-17(21)19(16)18(14-7-3-1-4-8-14)15-9-5-2-6-10-15/h1-10,16,18,20H,11-13H2/t16-/m0/s1. The molecule has 21 heavy (non-hydrogen) atoms. The van der Waals surface area contributed by atoms with E-state index in [2.05, 4.69) is 0 Å². The Labute approximate surface area is 124 Å². The molecule has 0 saturated carbocycles. The first kappa shape index (κ1) is 13.8. The molecule has 2 aromatic carbocycles. The van der Waals surface area contributed by atoms with E-state index in [0.29, 0.717) is 6.42 Å². The number of amides is 1. The van der Waals surface area contributed by atoms with Gasteiger partial charge in [-0.3, -0.25) is 4.79 Å². The summed E-state index contributed by atoms with van der Waals surface area (Å²) in [5.41, 5.74) is 2.16. The minimum Gasteiger partial charge on any atom is -0.394 e. The number of benzene rings is 2. The zero-order chi connectivity index (χ0) is 14.7. The van der Waals surface area contributed by atoms with Gasteiger partial charge in [0.05, 0.1) is 18.7 Å². The summed E-state index contributed by atoms with van der Waals surface area (Å²) in [4.78, 5) is 14.2. The van der Waals surface area contributed by atoms with Gasteiger partial charge in [-0.15, -0.1) is 0 Å². The van der Waals surface area contributed by atoms with Crippen LogP contribution in [0.3, 0.4) is 0 Å². The summed E-state index contributed by atoms with van der Waals surface area (Å²) in [6.07, 6.45) is 1.24. The van der Waals surface area contributed by atoms with E-state index in [1.807, 2.05) is 65.6 Å². The van der Waals surface area contributed by atoms with E-state index in [9.17, 15) is 9.90 Å². The van der Waals surface area contributed by atoms with Gasteiger partial charge in [0.2, 0.25) is 5.91 Å². The zero-order valence-corrected chi connectivity index (χ0v) is 11.9. The highest BCUT2D eigenvalue weighted by Crippen LogP contribution is 2.35. The first-order valence-corrected chi connectivity index (χ1v) is 7.33. The van der Waals surface area contributed by atoms with Crippen LogP contribution in [-0.2, 0) is 4.79 Å². The third-order valence-electron chi connectivity index (χ3n) is 4.09. The molecule has 1 saturated heterocycles. The van der Waals surface area contributed by atoms with Crippen LogP contribution in [0.2, 0.25) is 0 Å². The quantitative estimate of drug-likeness (QED) is 0.936. The largest absolute Gasteiger partial charge is 0.394 e. The predicted octanol–water partition coefficient (Wildman–Crippen LogP) is 2.76. The molecule has 1 N–H and O–H groups in total. The lowest BCUT2D eigenvalue weighted by Gasteiger charge is -2.33. The van der Waals surface area contributed by atoms with E-state index >= 15 is 0 Å². The molecule has 0 unspecified atom stereocenters. The van der Waals surface area contributed by atoms with E-state index in [-0.39, 0.29) is 24.6 Å². The first-order chi connectivity index (χ1) is 10.3. The Balaban J connectivity index is 2.06. The molecule has 1 fully saturated rings. The summed E-state index contributed by atoms with van der Waals surface area (Å²) in [6.45, 7) is 0.0158. The summed E-state index contributed by atoms with van der Waals surface area (Å²) in [5, 5.41) is 9.60. The molecular weight excluding hydrogens is 262 g/mol. The molecule has 0 radical (unpaired) electrons. The SMILES string of the molecule is O=C1CC[C@@H](CO)N1C(c1ccccc1)c1ccccc1. The van der Waals surface area contributed by atoms with Crippen LogP contribution in [0.25, 0.3) is 0 Å². The van der Waals surface area contributed by atoms with Crippen LogP contribution in [0.5, 0.6) is 0 Å². The average Bonchev–Trinajstić information content (AvgIpc) is 2.91. The lowest BCUT2D eigenvalue weighted by atomic mass is 9.96. The molecule has 1 aliphatic heterocycles. The summed E-state index contributed by atoms with van der Waals surface area (Å²) in [5.74, 6) is 0.117. The van der Waals surface area contributed by atoms with Crippen LogP contribution in [0.1, 0.15) is 30.0 Å². The summed E-state index contributed by atoms with van der Waals surface area (Å²) in [7, 11) is 0. The summed E-state index contributed by atoms with van der Waals surface area (Å²) in [6, 6.07) is 19.8. The Morgan fingerprint density at radius 3 is 2.00 bits per heavy atom. The van der Waals surface area contributed by atoms with E-state index < -0.39 is 0 Å². The van der Waals surface area contributed by atoms with Crippen LogP contribution in [0.4, 0.5) is 0 Å². The lowest BCUT2D eigenvalue weighted by Crippen LogP contribution is -2.39. The molecule has 108 valence electrons. The van der Waals surface area contributed by atoms with Gasteiger partial charge < -0.3 is 10.0 Å². The van der Waals surface area contributed by atoms with E-state index in [1.165, 1.54) is 0 Å². The van der Waals surface area contributed by atoms with Crippen molar-refractivity contribution in [3.05, 3.63) is 71.8 Å². The van der Waals surface area contributed by atoms with E-state index in [1.54, 1.807) is 0 Å². The minimum absolute atomic E-state index is 0.0158. The highest BCUT2D eigenvalue weighted by atomic mass is 16.3. The van der Waals surface area contributed by atoms with Crippen molar-refractivity contribution in [2.75, 3.05) is 6.61 Å². The van der Waals surface area contributed by atoms with Gasteiger partial charge >= 0.3 is 0 Å². The van der Waals surface area contributed by atoms with Crippen molar-refractivity contribution >= 4 is 5.91 Å². The number of rotatable bonds is 4. The van der Waals surface area contributed by atoms with Crippen molar-refractivity contribution in [2.45, 2.75) is 24.9 Å². The molecule has 1 aliphatic rings. The fourth-order valence-electron chi connectivity index (χ4n) is 3.08. The minimum atomic E-state index is -0.125. The second-order valence-electron chi connectivity index (χ2n) is 5.40. The molecule has 0 aliphatic carbocycles. The van der Waals surface area contributed by atoms with Crippen molar-refractivity contribution in [2.24, 2.45) is 0 Å². The summed E-state index contributed by atoms with van der Waals surface area (Å²) >= 11 is 0. The van der Waals surface area contributed by atoms with Gasteiger partial charge in [-0.2, -0.15) is 0 Å². The predicted molar refractivity (Wildman–Crippen MR) is 81.7 cm³/mol. The Kier molecular flexibility index (Phi) is 4.02. The molecule has 2 aromatic rings. The van der Waals surface area contributed by atoms with Crippen molar-refractivity contribution < 1.29 is 9.90 Å². The third kappa shape index (κ3) is 2.69. The maximum Gasteiger partial charge on any atom is 0.223 e. The molecule has 1 heterocycles. The maximum absolute atomic E-state index is 12.3. The van der Waals surface area contributed by atoms with Gasteiger partial charge in [0.25, 0.3) is 0 Å². The Bertz CT molecular complexity index is 558. The number of aliphatic hydroxyl groups excluding tert-OH is 1. The second kappa shape index (κ2) is 6.10. The third-order valence-corrected chi connectivity index (χ3v) is 4.09. The Morgan fingerprint density at radius 1 is 1.00 bits per heavy atom. The average molecular weight is 281 g/mol. The van der Waals surface area contributed by atoms with Crippen molar-refractivity contribution in [3.63, 3.8) is 0 Å².